The Morgan fingerprint density at radius 3 is 2.39 bits per heavy atom. The van der Waals surface area contributed by atoms with E-state index >= 15 is 8.78 Å². The van der Waals surface area contributed by atoms with Gasteiger partial charge < -0.3 is 34.8 Å². The van der Waals surface area contributed by atoms with Gasteiger partial charge in [0.1, 0.15) is 17.2 Å². The van der Waals surface area contributed by atoms with E-state index in [9.17, 15) is 23.1 Å². The van der Waals surface area contributed by atoms with Crippen LogP contribution in [0.5, 0.6) is 0 Å². The minimum Gasteiger partial charge on any atom is -0.453 e. The molecule has 5 fully saturated rings. The molecule has 4 atom stereocenters. The lowest BCUT2D eigenvalue weighted by Crippen LogP contribution is -2.67. The highest BCUT2D eigenvalue weighted by atomic mass is 32.2. The lowest BCUT2D eigenvalue weighted by Gasteiger charge is -2.54. The van der Waals surface area contributed by atoms with Crippen LogP contribution in [0.2, 0.25) is 0 Å². The summed E-state index contributed by atoms with van der Waals surface area (Å²) >= 11 is 0. The van der Waals surface area contributed by atoms with E-state index in [0.717, 1.165) is 82.9 Å². The number of alkyl carbamates (subject to hydrolysis) is 1. The number of sulfone groups is 1. The Bertz CT molecular complexity index is 1860. The van der Waals surface area contributed by atoms with E-state index < -0.39 is 38.0 Å². The number of carbonyl (C=O) groups is 2. The van der Waals surface area contributed by atoms with Gasteiger partial charge in [0.05, 0.1) is 22.9 Å². The van der Waals surface area contributed by atoms with E-state index in [4.69, 9.17) is 4.74 Å². The number of carbonyl (C=O) groups excluding carboxylic acids is 2. The number of nitrogens with one attached hydrogen (secondary N) is 1. The molecule has 0 bridgehead atoms. The Kier molecular flexibility index (Phi) is 12.1. The molecule has 0 spiro atoms. The molecule has 2 aromatic rings. The predicted octanol–water partition coefficient (Wildman–Crippen LogP) is 4.74. The van der Waals surface area contributed by atoms with Crippen LogP contribution in [-0.4, -0.2) is 130 Å². The fourth-order valence-corrected chi connectivity index (χ4v) is 12.3. The number of likely N-dealkylation sites (tertiary alicyclic amines) is 3. The van der Waals surface area contributed by atoms with Gasteiger partial charge in [-0.3, -0.25) is 4.79 Å². The zero-order valence-electron chi connectivity index (χ0n) is 32.5. The van der Waals surface area contributed by atoms with Gasteiger partial charge in [0, 0.05) is 50.7 Å². The zero-order valence-corrected chi connectivity index (χ0v) is 33.3. The zero-order chi connectivity index (χ0) is 39.7. The molecule has 14 heteroatoms. The molecule has 4 aliphatic heterocycles. The average molecular weight is 798 g/mol. The first-order valence-corrected chi connectivity index (χ1v) is 21.9. The number of amides is 2. The summed E-state index contributed by atoms with van der Waals surface area (Å²) in [6, 6.07) is 10.9. The Labute approximate surface area is 329 Å². The SMILES string of the molecule is C=CC(=O)N1CCCC[C@@H](S(=O)(=O)c2ccc(N3CC(O)(CN4CCC([C@@](CN5CCC5)(c5cccc(F)c5)[C@H]5CCC[C@@H]5NC(=O)OC)CC4)C3)c(F)c2)C1. The Hall–Kier alpha value is -3.59. The number of nitrogens with zero attached hydrogens (tertiary/aromatic N) is 4. The molecule has 2 amide bonds. The van der Waals surface area contributed by atoms with Crippen molar-refractivity contribution in [2.75, 3.05) is 77.5 Å². The maximum absolute atomic E-state index is 15.6. The fraction of sp³-hybridized carbons (Fsp3) is 0.619. The van der Waals surface area contributed by atoms with Gasteiger partial charge in [-0.25, -0.2) is 22.0 Å². The summed E-state index contributed by atoms with van der Waals surface area (Å²) in [6.07, 6.45) is 8.04. The van der Waals surface area contributed by atoms with Crippen LogP contribution < -0.4 is 10.2 Å². The van der Waals surface area contributed by atoms with Gasteiger partial charge in [-0.1, -0.05) is 31.6 Å². The van der Waals surface area contributed by atoms with E-state index in [2.05, 4.69) is 27.8 Å². The van der Waals surface area contributed by atoms with Gasteiger partial charge >= 0.3 is 6.09 Å². The van der Waals surface area contributed by atoms with Crippen molar-refractivity contribution in [3.8, 4) is 0 Å². The van der Waals surface area contributed by atoms with Crippen LogP contribution in [0, 0.1) is 23.5 Å². The van der Waals surface area contributed by atoms with Gasteiger partial charge in [0.2, 0.25) is 5.91 Å². The van der Waals surface area contributed by atoms with Crippen LogP contribution in [0.3, 0.4) is 0 Å². The number of hydrogen-bond donors (Lipinski definition) is 2. The van der Waals surface area contributed by atoms with Crippen molar-refractivity contribution < 1.29 is 36.6 Å². The predicted molar refractivity (Wildman–Crippen MR) is 210 cm³/mol. The summed E-state index contributed by atoms with van der Waals surface area (Å²) in [4.78, 5) is 32.7. The molecule has 1 aliphatic carbocycles. The molecule has 4 saturated heterocycles. The molecule has 2 aromatic carbocycles. The summed E-state index contributed by atoms with van der Waals surface area (Å²) in [5, 5.41) is 13.9. The second-order valence-electron chi connectivity index (χ2n) is 16.9. The number of β-amino-alcohol motifs (C(OH)–C–C–N with tert-alkyl or cyclic N) is 1. The summed E-state index contributed by atoms with van der Waals surface area (Å²) in [6.45, 7) is 9.15. The van der Waals surface area contributed by atoms with Crippen LogP contribution in [0.1, 0.15) is 63.4 Å². The number of anilines is 1. The maximum Gasteiger partial charge on any atom is 0.407 e. The highest BCUT2D eigenvalue weighted by Crippen LogP contribution is 2.51. The summed E-state index contributed by atoms with van der Waals surface area (Å²) < 4.78 is 62.9. The van der Waals surface area contributed by atoms with Crippen molar-refractivity contribution >= 4 is 27.5 Å². The third kappa shape index (κ3) is 8.21. The largest absolute Gasteiger partial charge is 0.453 e. The highest BCUT2D eigenvalue weighted by molar-refractivity contribution is 7.92. The highest BCUT2D eigenvalue weighted by Gasteiger charge is 2.54. The molecule has 0 aromatic heterocycles. The molecule has 2 N–H and O–H groups in total. The molecular formula is C42H57F2N5O6S. The smallest absolute Gasteiger partial charge is 0.407 e. The number of piperidine rings is 1. The first-order valence-electron chi connectivity index (χ1n) is 20.3. The Balaban J connectivity index is 1.02. The lowest BCUT2D eigenvalue weighted by atomic mass is 9.57. The van der Waals surface area contributed by atoms with Crippen molar-refractivity contribution in [1.82, 2.24) is 20.0 Å². The lowest BCUT2D eigenvalue weighted by molar-refractivity contribution is -0.125. The van der Waals surface area contributed by atoms with Gasteiger partial charge in [-0.05, 0) is 125 Å². The standard InChI is InChI=1S/C42H57F2N5O6S/c1-3-39(50)48-20-5-4-11-34(25-48)56(53,54)33-14-15-38(36(44)24-33)49-27-41(52,28-49)26-47-21-16-30(17-22-47)42(29-46-18-8-19-46,31-9-6-10-32(43)23-31)35-12-7-13-37(35)45-40(51)55-2/h3,6,9-10,14-15,23-24,30,34-35,37,52H,1,4-5,7-8,11-13,16-22,25-29H2,2H3,(H,45,51)/t34-,35+,37+,42+/m1/s1. The molecule has 7 rings (SSSR count). The number of aliphatic hydroxyl groups is 1. The number of hydrogen-bond acceptors (Lipinski definition) is 9. The maximum atomic E-state index is 15.6. The topological polar surface area (TPSA) is 123 Å². The van der Waals surface area contributed by atoms with Crippen molar-refractivity contribution in [2.45, 2.75) is 85.0 Å². The van der Waals surface area contributed by atoms with E-state index in [1.165, 1.54) is 36.3 Å². The van der Waals surface area contributed by atoms with Crippen LogP contribution in [0.25, 0.3) is 0 Å². The third-order valence-electron chi connectivity index (χ3n) is 13.4. The van der Waals surface area contributed by atoms with Gasteiger partial charge in [-0.15, -0.1) is 0 Å². The first-order chi connectivity index (χ1) is 26.8. The van der Waals surface area contributed by atoms with Gasteiger partial charge in [0.25, 0.3) is 0 Å². The number of methoxy groups -OCH3 is 1. The number of benzene rings is 2. The van der Waals surface area contributed by atoms with Crippen LogP contribution in [-0.2, 0) is 24.8 Å². The van der Waals surface area contributed by atoms with E-state index in [1.807, 2.05) is 0 Å². The molecule has 0 radical (unpaired) electrons. The van der Waals surface area contributed by atoms with Crippen LogP contribution in [0.15, 0.2) is 60.0 Å². The number of halogens is 2. The molecular weight excluding hydrogens is 741 g/mol. The van der Waals surface area contributed by atoms with E-state index in [1.54, 1.807) is 17.0 Å². The summed E-state index contributed by atoms with van der Waals surface area (Å²) in [5.74, 6) is -0.921. The second-order valence-corrected chi connectivity index (χ2v) is 19.1. The minimum atomic E-state index is -3.90. The Morgan fingerprint density at radius 1 is 0.964 bits per heavy atom. The van der Waals surface area contributed by atoms with Crippen molar-refractivity contribution in [3.05, 3.63) is 72.3 Å². The normalized spacial score (nSPS) is 26.0. The fourth-order valence-electron chi connectivity index (χ4n) is 10.5. The summed E-state index contributed by atoms with van der Waals surface area (Å²) in [7, 11) is -2.52. The number of ether oxygens (including phenoxy) is 1. The molecule has 11 nitrogen and oxygen atoms in total. The summed E-state index contributed by atoms with van der Waals surface area (Å²) in [5.41, 5.74) is -0.227. The first kappa shape index (κ1) is 40.6. The average Bonchev–Trinajstić information content (AvgIpc) is 3.46. The van der Waals surface area contributed by atoms with Gasteiger partial charge in [-0.2, -0.15) is 0 Å². The molecule has 0 unspecified atom stereocenters. The van der Waals surface area contributed by atoms with Crippen molar-refractivity contribution in [1.29, 1.82) is 0 Å². The van der Waals surface area contributed by atoms with Crippen molar-refractivity contribution in [3.63, 3.8) is 0 Å². The molecule has 1 saturated carbocycles. The molecule has 4 heterocycles. The monoisotopic (exact) mass is 797 g/mol. The number of rotatable bonds is 12. The molecule has 5 aliphatic rings. The van der Waals surface area contributed by atoms with E-state index in [0.29, 0.717) is 32.4 Å². The molecule has 306 valence electrons. The van der Waals surface area contributed by atoms with Gasteiger partial charge in [0.15, 0.2) is 9.84 Å². The van der Waals surface area contributed by atoms with Crippen molar-refractivity contribution in [2.24, 2.45) is 11.8 Å². The van der Waals surface area contributed by atoms with Crippen LogP contribution in [0.4, 0.5) is 19.3 Å². The second kappa shape index (κ2) is 16.7. The quantitative estimate of drug-likeness (QED) is 0.294. The van der Waals surface area contributed by atoms with E-state index in [-0.39, 0.29) is 59.8 Å². The Morgan fingerprint density at radius 2 is 1.73 bits per heavy atom. The third-order valence-corrected chi connectivity index (χ3v) is 15.6. The van der Waals surface area contributed by atoms with Crippen LogP contribution >= 0.6 is 0 Å². The molecule has 56 heavy (non-hydrogen) atoms. The minimum absolute atomic E-state index is 0.0465.